The molecule has 0 heterocycles. The minimum absolute atomic E-state index is 0.242. The first-order chi connectivity index (χ1) is 4.26. The van der Waals surface area contributed by atoms with Crippen LogP contribution in [0.15, 0.2) is 0 Å². The first-order valence-electron chi connectivity index (χ1n) is 3.54. The maximum atomic E-state index is 8.77. The van der Waals surface area contributed by atoms with Gasteiger partial charge in [-0.05, 0) is 13.0 Å². The summed E-state index contributed by atoms with van der Waals surface area (Å²) in [5, 5.41) is 11.8. The van der Waals surface area contributed by atoms with Crippen molar-refractivity contribution >= 4 is 0 Å². The van der Waals surface area contributed by atoms with Crippen molar-refractivity contribution in [2.45, 2.75) is 26.3 Å². The fraction of sp³-hybridized carbons (Fsp3) is 1.00. The van der Waals surface area contributed by atoms with Crippen molar-refractivity contribution in [2.24, 2.45) is 5.92 Å². The summed E-state index contributed by atoms with van der Waals surface area (Å²) in [7, 11) is 1.88. The van der Waals surface area contributed by atoms with Crippen LogP contribution in [-0.2, 0) is 0 Å². The zero-order chi connectivity index (χ0) is 7.28. The van der Waals surface area contributed by atoms with Gasteiger partial charge in [-0.3, -0.25) is 0 Å². The molecule has 0 aliphatic carbocycles. The average molecular weight is 131 g/mol. The SMILES string of the molecule is CC[C@H](C)[C@H](CO)NC. The molecule has 0 saturated heterocycles. The number of likely N-dealkylation sites (N-methyl/N-ethyl adjacent to an activating group) is 1. The van der Waals surface area contributed by atoms with Gasteiger partial charge < -0.3 is 10.4 Å². The Hall–Kier alpha value is -0.0800. The molecule has 0 bridgehead atoms. The molecule has 0 saturated carbocycles. The summed E-state index contributed by atoms with van der Waals surface area (Å²) in [6, 6.07) is 0.273. The number of aliphatic hydroxyl groups excluding tert-OH is 1. The van der Waals surface area contributed by atoms with Crippen LogP contribution < -0.4 is 5.32 Å². The fourth-order valence-corrected chi connectivity index (χ4v) is 0.840. The Balaban J connectivity index is 3.50. The average Bonchev–Trinajstić information content (AvgIpc) is 1.90. The maximum absolute atomic E-state index is 8.77. The Kier molecular flexibility index (Phi) is 4.72. The molecule has 2 N–H and O–H groups in total. The van der Waals surface area contributed by atoms with Gasteiger partial charge in [0.15, 0.2) is 0 Å². The predicted octanol–water partition coefficient (Wildman–Crippen LogP) is 0.613. The van der Waals surface area contributed by atoms with E-state index in [9.17, 15) is 0 Å². The Morgan fingerprint density at radius 2 is 2.11 bits per heavy atom. The molecule has 2 atom stereocenters. The third-order valence-corrected chi connectivity index (χ3v) is 1.90. The van der Waals surface area contributed by atoms with E-state index >= 15 is 0 Å². The smallest absolute Gasteiger partial charge is 0.0587 e. The molecule has 0 unspecified atom stereocenters. The van der Waals surface area contributed by atoms with Crippen molar-refractivity contribution in [3.63, 3.8) is 0 Å². The lowest BCUT2D eigenvalue weighted by atomic mass is 10.0. The van der Waals surface area contributed by atoms with E-state index in [1.54, 1.807) is 0 Å². The number of aliphatic hydroxyl groups is 1. The molecule has 0 aromatic carbocycles. The van der Waals surface area contributed by atoms with Crippen molar-refractivity contribution in [1.29, 1.82) is 0 Å². The largest absolute Gasteiger partial charge is 0.395 e. The maximum Gasteiger partial charge on any atom is 0.0587 e. The molecule has 9 heavy (non-hydrogen) atoms. The summed E-state index contributed by atoms with van der Waals surface area (Å²) >= 11 is 0. The van der Waals surface area contributed by atoms with Crippen molar-refractivity contribution in [2.75, 3.05) is 13.7 Å². The Morgan fingerprint density at radius 1 is 1.56 bits per heavy atom. The lowest BCUT2D eigenvalue weighted by Gasteiger charge is -2.19. The van der Waals surface area contributed by atoms with Crippen molar-refractivity contribution in [3.8, 4) is 0 Å². The summed E-state index contributed by atoms with van der Waals surface area (Å²) in [5.74, 6) is 0.569. The van der Waals surface area contributed by atoms with Crippen molar-refractivity contribution < 1.29 is 5.11 Å². The Morgan fingerprint density at radius 3 is 2.22 bits per heavy atom. The Labute approximate surface area is 57.3 Å². The molecule has 0 spiro atoms. The molecular weight excluding hydrogens is 114 g/mol. The van der Waals surface area contributed by atoms with Crippen LogP contribution in [0.25, 0.3) is 0 Å². The van der Waals surface area contributed by atoms with Crippen LogP contribution in [0.4, 0.5) is 0 Å². The molecule has 0 aromatic rings. The minimum Gasteiger partial charge on any atom is -0.395 e. The normalized spacial score (nSPS) is 17.3. The minimum atomic E-state index is 0.242. The standard InChI is InChI=1S/C7H17NO/c1-4-6(2)7(5-9)8-3/h6-9H,4-5H2,1-3H3/t6-,7-/m0/s1. The number of nitrogens with one attached hydrogen (secondary N) is 1. The van der Waals surface area contributed by atoms with E-state index in [-0.39, 0.29) is 12.6 Å². The van der Waals surface area contributed by atoms with E-state index in [1.807, 2.05) is 7.05 Å². The van der Waals surface area contributed by atoms with Crippen LogP contribution in [-0.4, -0.2) is 24.8 Å². The second-order valence-corrected chi connectivity index (χ2v) is 2.46. The molecule has 0 radical (unpaired) electrons. The first-order valence-corrected chi connectivity index (χ1v) is 3.54. The van der Waals surface area contributed by atoms with E-state index in [4.69, 9.17) is 5.11 Å². The van der Waals surface area contributed by atoms with Crippen LogP contribution in [0.3, 0.4) is 0 Å². The lowest BCUT2D eigenvalue weighted by molar-refractivity contribution is 0.209. The summed E-state index contributed by atoms with van der Waals surface area (Å²) in [6.07, 6.45) is 1.12. The third kappa shape index (κ3) is 2.82. The zero-order valence-electron chi connectivity index (χ0n) is 6.52. The molecule has 0 aromatic heterocycles. The van der Waals surface area contributed by atoms with E-state index in [0.29, 0.717) is 5.92 Å². The van der Waals surface area contributed by atoms with E-state index < -0.39 is 0 Å². The third-order valence-electron chi connectivity index (χ3n) is 1.90. The van der Waals surface area contributed by atoms with Crippen molar-refractivity contribution in [3.05, 3.63) is 0 Å². The van der Waals surface area contributed by atoms with Crippen LogP contribution in [0, 0.1) is 5.92 Å². The Bertz CT molecular complexity index is 61.9. The highest BCUT2D eigenvalue weighted by Crippen LogP contribution is 2.05. The van der Waals surface area contributed by atoms with Gasteiger partial charge in [0, 0.05) is 6.04 Å². The molecule has 0 rings (SSSR count). The molecular formula is C7H17NO. The summed E-state index contributed by atoms with van der Waals surface area (Å²) in [6.45, 7) is 4.51. The highest BCUT2D eigenvalue weighted by molar-refractivity contribution is 4.68. The first kappa shape index (κ1) is 8.92. The number of hydrogen-bond acceptors (Lipinski definition) is 2. The molecule has 56 valence electrons. The summed E-state index contributed by atoms with van der Waals surface area (Å²) < 4.78 is 0. The topological polar surface area (TPSA) is 32.3 Å². The zero-order valence-corrected chi connectivity index (χ0v) is 6.52. The summed E-state index contributed by atoms with van der Waals surface area (Å²) in [5.41, 5.74) is 0. The second kappa shape index (κ2) is 4.77. The van der Waals surface area contributed by atoms with Crippen molar-refractivity contribution in [1.82, 2.24) is 5.32 Å². The van der Waals surface area contributed by atoms with Crippen LogP contribution >= 0.6 is 0 Å². The summed E-state index contributed by atoms with van der Waals surface area (Å²) in [4.78, 5) is 0. The van der Waals surface area contributed by atoms with Crippen LogP contribution in [0.5, 0.6) is 0 Å². The monoisotopic (exact) mass is 131 g/mol. The molecule has 0 fully saturated rings. The molecule has 2 heteroatoms. The van der Waals surface area contributed by atoms with Gasteiger partial charge in [-0.25, -0.2) is 0 Å². The van der Waals surface area contributed by atoms with Gasteiger partial charge in [0.05, 0.1) is 6.61 Å². The van der Waals surface area contributed by atoms with Crippen LogP contribution in [0.1, 0.15) is 20.3 Å². The molecule has 2 nitrogen and oxygen atoms in total. The molecule has 0 aliphatic heterocycles. The fourth-order valence-electron chi connectivity index (χ4n) is 0.840. The van der Waals surface area contributed by atoms with Gasteiger partial charge in [-0.15, -0.1) is 0 Å². The number of rotatable bonds is 4. The lowest BCUT2D eigenvalue weighted by Crippen LogP contribution is -2.34. The second-order valence-electron chi connectivity index (χ2n) is 2.46. The van der Waals surface area contributed by atoms with Gasteiger partial charge >= 0.3 is 0 Å². The number of hydrogen-bond donors (Lipinski definition) is 2. The highest BCUT2D eigenvalue weighted by Gasteiger charge is 2.10. The van der Waals surface area contributed by atoms with Gasteiger partial charge in [-0.2, -0.15) is 0 Å². The molecule has 0 aliphatic rings. The predicted molar refractivity (Wildman–Crippen MR) is 39.4 cm³/mol. The highest BCUT2D eigenvalue weighted by atomic mass is 16.3. The van der Waals surface area contributed by atoms with Gasteiger partial charge in [-0.1, -0.05) is 20.3 Å². The quantitative estimate of drug-likeness (QED) is 0.586. The van der Waals surface area contributed by atoms with Gasteiger partial charge in [0.1, 0.15) is 0 Å². The van der Waals surface area contributed by atoms with Crippen LogP contribution in [0.2, 0.25) is 0 Å². The van der Waals surface area contributed by atoms with Gasteiger partial charge in [0.2, 0.25) is 0 Å². The van der Waals surface area contributed by atoms with E-state index in [2.05, 4.69) is 19.2 Å². The van der Waals surface area contributed by atoms with E-state index in [1.165, 1.54) is 0 Å². The van der Waals surface area contributed by atoms with Gasteiger partial charge in [0.25, 0.3) is 0 Å². The molecule has 0 amide bonds. The van der Waals surface area contributed by atoms with E-state index in [0.717, 1.165) is 6.42 Å².